The number of hydrogen-bond donors (Lipinski definition) is 2. The summed E-state index contributed by atoms with van der Waals surface area (Å²) in [5.41, 5.74) is 7.62. The lowest BCUT2D eigenvalue weighted by atomic mass is 10.1. The van der Waals surface area contributed by atoms with Crippen molar-refractivity contribution in [1.29, 1.82) is 0 Å². The van der Waals surface area contributed by atoms with Gasteiger partial charge in [-0.3, -0.25) is 9.59 Å². The largest absolute Gasteiger partial charge is 0.273 e. The van der Waals surface area contributed by atoms with Crippen LogP contribution in [0.2, 0.25) is 0 Å². The maximum absolute atomic E-state index is 11.7. The SMILES string of the molecule is O=C(CCCCCCCCC(=O)NN=C1CCCC1)NN=C1CCCC1. The fourth-order valence-corrected chi connectivity index (χ4v) is 3.46. The molecule has 0 atom stereocenters. The van der Waals surface area contributed by atoms with E-state index in [1.807, 2.05) is 0 Å². The summed E-state index contributed by atoms with van der Waals surface area (Å²) in [6, 6.07) is 0. The molecular weight excluding hydrogens is 328 g/mol. The standard InChI is InChI=1S/C20H34N4O2/c25-19(23-21-17-11-7-8-12-17)15-5-3-1-2-4-6-16-20(26)24-22-18-13-9-10-14-18/h1-16H2,(H,23,25)(H,24,26). The van der Waals surface area contributed by atoms with Crippen LogP contribution in [0.15, 0.2) is 10.2 Å². The van der Waals surface area contributed by atoms with Gasteiger partial charge in [0.15, 0.2) is 0 Å². The summed E-state index contributed by atoms with van der Waals surface area (Å²) < 4.78 is 0. The Balaban J connectivity index is 1.37. The topological polar surface area (TPSA) is 82.9 Å². The summed E-state index contributed by atoms with van der Waals surface area (Å²) in [6.45, 7) is 0. The molecule has 146 valence electrons. The third-order valence-electron chi connectivity index (χ3n) is 5.10. The van der Waals surface area contributed by atoms with Crippen molar-refractivity contribution in [3.8, 4) is 0 Å². The second-order valence-electron chi connectivity index (χ2n) is 7.46. The summed E-state index contributed by atoms with van der Waals surface area (Å²) in [7, 11) is 0. The van der Waals surface area contributed by atoms with E-state index in [0.717, 1.165) is 75.6 Å². The minimum absolute atomic E-state index is 0.0324. The molecule has 6 heteroatoms. The molecular formula is C20H34N4O2. The van der Waals surface area contributed by atoms with E-state index in [9.17, 15) is 9.59 Å². The molecule has 0 heterocycles. The van der Waals surface area contributed by atoms with Crippen LogP contribution in [0.3, 0.4) is 0 Å². The van der Waals surface area contributed by atoms with Crippen molar-refractivity contribution >= 4 is 23.2 Å². The van der Waals surface area contributed by atoms with Crippen LogP contribution in [0.5, 0.6) is 0 Å². The molecule has 0 aromatic carbocycles. The fraction of sp³-hybridized carbons (Fsp3) is 0.800. The predicted molar refractivity (Wildman–Crippen MR) is 105 cm³/mol. The van der Waals surface area contributed by atoms with E-state index >= 15 is 0 Å². The highest BCUT2D eigenvalue weighted by molar-refractivity contribution is 5.88. The molecule has 0 aliphatic heterocycles. The van der Waals surface area contributed by atoms with Crippen molar-refractivity contribution in [1.82, 2.24) is 10.9 Å². The summed E-state index contributed by atoms with van der Waals surface area (Å²) >= 11 is 0. The highest BCUT2D eigenvalue weighted by Gasteiger charge is 2.09. The molecule has 0 radical (unpaired) electrons. The van der Waals surface area contributed by atoms with Gasteiger partial charge in [-0.05, 0) is 64.2 Å². The zero-order valence-corrected chi connectivity index (χ0v) is 16.0. The van der Waals surface area contributed by atoms with Crippen LogP contribution in [-0.2, 0) is 9.59 Å². The molecule has 2 aliphatic rings. The van der Waals surface area contributed by atoms with E-state index in [0.29, 0.717) is 12.8 Å². The van der Waals surface area contributed by atoms with E-state index < -0.39 is 0 Å². The Morgan fingerprint density at radius 1 is 0.615 bits per heavy atom. The van der Waals surface area contributed by atoms with Gasteiger partial charge in [0.2, 0.25) is 11.8 Å². The number of hydrogen-bond acceptors (Lipinski definition) is 4. The predicted octanol–water partition coefficient (Wildman–Crippen LogP) is 4.20. The minimum Gasteiger partial charge on any atom is -0.273 e. The number of hydrazone groups is 2. The van der Waals surface area contributed by atoms with Crippen molar-refractivity contribution in [2.45, 2.75) is 103 Å². The molecule has 2 amide bonds. The van der Waals surface area contributed by atoms with E-state index in [4.69, 9.17) is 0 Å². The molecule has 0 saturated heterocycles. The second kappa shape index (κ2) is 12.6. The summed E-state index contributed by atoms with van der Waals surface area (Å²) in [5, 5.41) is 8.38. The third kappa shape index (κ3) is 9.11. The number of rotatable bonds is 11. The number of amides is 2. The molecule has 0 aromatic heterocycles. The molecule has 0 aromatic rings. The van der Waals surface area contributed by atoms with E-state index in [1.54, 1.807) is 0 Å². The number of nitrogens with zero attached hydrogens (tertiary/aromatic N) is 2. The Morgan fingerprint density at radius 3 is 1.35 bits per heavy atom. The fourth-order valence-electron chi connectivity index (χ4n) is 3.46. The first kappa shape index (κ1) is 20.6. The quantitative estimate of drug-likeness (QED) is 0.426. The number of carbonyl (C=O) groups excluding carboxylic acids is 2. The van der Waals surface area contributed by atoms with Gasteiger partial charge in [-0.1, -0.05) is 25.7 Å². The molecule has 0 unspecified atom stereocenters. The van der Waals surface area contributed by atoms with Crippen molar-refractivity contribution < 1.29 is 9.59 Å². The average molecular weight is 363 g/mol. The van der Waals surface area contributed by atoms with Crippen molar-refractivity contribution in [3.05, 3.63) is 0 Å². The molecule has 2 saturated carbocycles. The zero-order chi connectivity index (χ0) is 18.5. The monoisotopic (exact) mass is 362 g/mol. The maximum atomic E-state index is 11.7. The molecule has 26 heavy (non-hydrogen) atoms. The Labute approximate surface area is 157 Å². The van der Waals surface area contributed by atoms with Gasteiger partial charge in [0.25, 0.3) is 0 Å². The summed E-state index contributed by atoms with van der Waals surface area (Å²) in [6.07, 6.45) is 16.2. The van der Waals surface area contributed by atoms with Gasteiger partial charge < -0.3 is 0 Å². The molecule has 0 spiro atoms. The van der Waals surface area contributed by atoms with Crippen LogP contribution in [0.25, 0.3) is 0 Å². The van der Waals surface area contributed by atoms with Crippen LogP contribution in [-0.4, -0.2) is 23.2 Å². The third-order valence-corrected chi connectivity index (χ3v) is 5.10. The molecule has 2 fully saturated rings. The Kier molecular flexibility index (Phi) is 9.98. The molecule has 2 aliphatic carbocycles. The molecule has 2 rings (SSSR count). The normalized spacial score (nSPS) is 16.6. The highest BCUT2D eigenvalue weighted by Crippen LogP contribution is 2.15. The van der Waals surface area contributed by atoms with Crippen LogP contribution in [0.4, 0.5) is 0 Å². The molecule has 2 N–H and O–H groups in total. The average Bonchev–Trinajstić information content (AvgIpc) is 3.34. The summed E-state index contributed by atoms with van der Waals surface area (Å²) in [4.78, 5) is 23.4. The van der Waals surface area contributed by atoms with Crippen molar-refractivity contribution in [3.63, 3.8) is 0 Å². The number of carbonyl (C=O) groups is 2. The first-order valence-electron chi connectivity index (χ1n) is 10.4. The van der Waals surface area contributed by atoms with Crippen LogP contribution in [0, 0.1) is 0 Å². The minimum atomic E-state index is 0.0324. The van der Waals surface area contributed by atoms with E-state index in [1.165, 1.54) is 25.7 Å². The van der Waals surface area contributed by atoms with E-state index in [2.05, 4.69) is 21.1 Å². The first-order valence-corrected chi connectivity index (χ1v) is 10.4. The lowest BCUT2D eigenvalue weighted by molar-refractivity contribution is -0.122. The molecule has 6 nitrogen and oxygen atoms in total. The second-order valence-corrected chi connectivity index (χ2v) is 7.46. The maximum Gasteiger partial charge on any atom is 0.240 e. The lowest BCUT2D eigenvalue weighted by Crippen LogP contribution is -2.18. The van der Waals surface area contributed by atoms with Gasteiger partial charge in [-0.15, -0.1) is 0 Å². The molecule has 0 bridgehead atoms. The summed E-state index contributed by atoms with van der Waals surface area (Å²) in [5.74, 6) is 0.0647. The first-order chi connectivity index (χ1) is 12.7. The van der Waals surface area contributed by atoms with Gasteiger partial charge in [-0.2, -0.15) is 10.2 Å². The number of nitrogens with one attached hydrogen (secondary N) is 2. The van der Waals surface area contributed by atoms with Gasteiger partial charge in [0, 0.05) is 24.3 Å². The van der Waals surface area contributed by atoms with Gasteiger partial charge >= 0.3 is 0 Å². The van der Waals surface area contributed by atoms with E-state index in [-0.39, 0.29) is 11.8 Å². The van der Waals surface area contributed by atoms with Gasteiger partial charge in [0.05, 0.1) is 0 Å². The van der Waals surface area contributed by atoms with Crippen molar-refractivity contribution in [2.24, 2.45) is 10.2 Å². The van der Waals surface area contributed by atoms with Crippen LogP contribution >= 0.6 is 0 Å². The zero-order valence-electron chi connectivity index (χ0n) is 16.0. The van der Waals surface area contributed by atoms with Crippen LogP contribution in [0.1, 0.15) is 103 Å². The lowest BCUT2D eigenvalue weighted by Gasteiger charge is -2.03. The van der Waals surface area contributed by atoms with Crippen molar-refractivity contribution in [2.75, 3.05) is 0 Å². The van der Waals surface area contributed by atoms with Gasteiger partial charge in [-0.25, -0.2) is 10.9 Å². The Bertz CT molecular complexity index is 452. The smallest absolute Gasteiger partial charge is 0.240 e. The van der Waals surface area contributed by atoms with Crippen LogP contribution < -0.4 is 10.9 Å². The Morgan fingerprint density at radius 2 is 0.962 bits per heavy atom. The highest BCUT2D eigenvalue weighted by atomic mass is 16.2. The Hall–Kier alpha value is -1.72. The number of unbranched alkanes of at least 4 members (excludes halogenated alkanes) is 5. The van der Waals surface area contributed by atoms with Gasteiger partial charge in [0.1, 0.15) is 0 Å².